The second-order valence-corrected chi connectivity index (χ2v) is 6.34. The molecular formula is C18H20BrNO. The van der Waals surface area contributed by atoms with Crippen molar-refractivity contribution in [2.45, 2.75) is 26.8 Å². The summed E-state index contributed by atoms with van der Waals surface area (Å²) < 4.78 is 0.834. The number of hydrogen-bond donors (Lipinski definition) is 0. The predicted molar refractivity (Wildman–Crippen MR) is 90.6 cm³/mol. The Hall–Kier alpha value is -1.61. The van der Waals surface area contributed by atoms with Crippen molar-refractivity contribution >= 4 is 21.8 Å². The van der Waals surface area contributed by atoms with E-state index < -0.39 is 0 Å². The molecule has 0 saturated heterocycles. The van der Waals surface area contributed by atoms with E-state index in [2.05, 4.69) is 47.1 Å². The lowest BCUT2D eigenvalue weighted by Gasteiger charge is -2.26. The average molecular weight is 346 g/mol. The van der Waals surface area contributed by atoms with Crippen molar-refractivity contribution < 1.29 is 4.79 Å². The molecule has 0 fully saturated rings. The van der Waals surface area contributed by atoms with E-state index in [-0.39, 0.29) is 11.9 Å². The number of carbonyl (C=O) groups is 1. The lowest BCUT2D eigenvalue weighted by atomic mass is 10.0. The third kappa shape index (κ3) is 3.53. The number of amides is 1. The van der Waals surface area contributed by atoms with E-state index in [1.54, 1.807) is 4.90 Å². The molecule has 2 rings (SSSR count). The second-order valence-electron chi connectivity index (χ2n) is 5.49. The smallest absolute Gasteiger partial charge is 0.255 e. The van der Waals surface area contributed by atoms with Gasteiger partial charge in [0.1, 0.15) is 0 Å². The monoisotopic (exact) mass is 345 g/mol. The molecule has 2 nitrogen and oxygen atoms in total. The van der Waals surface area contributed by atoms with Gasteiger partial charge in [-0.05, 0) is 54.4 Å². The van der Waals surface area contributed by atoms with Crippen LogP contribution in [-0.4, -0.2) is 17.9 Å². The Morgan fingerprint density at radius 1 is 1.05 bits per heavy atom. The Labute approximate surface area is 134 Å². The van der Waals surface area contributed by atoms with Crippen molar-refractivity contribution in [3.05, 3.63) is 69.2 Å². The maximum Gasteiger partial charge on any atom is 0.255 e. The first-order valence-corrected chi connectivity index (χ1v) is 7.79. The largest absolute Gasteiger partial charge is 0.335 e. The SMILES string of the molecule is Cc1ccc(C(C)N(C)C(=O)c2cc(C)ccc2Br)cc1. The van der Waals surface area contributed by atoms with Gasteiger partial charge in [0.25, 0.3) is 5.91 Å². The van der Waals surface area contributed by atoms with Gasteiger partial charge >= 0.3 is 0 Å². The molecule has 0 aliphatic rings. The van der Waals surface area contributed by atoms with Crippen LogP contribution in [0.25, 0.3) is 0 Å². The van der Waals surface area contributed by atoms with Crippen LogP contribution in [0, 0.1) is 13.8 Å². The van der Waals surface area contributed by atoms with E-state index >= 15 is 0 Å². The van der Waals surface area contributed by atoms with Crippen LogP contribution in [0.15, 0.2) is 46.9 Å². The summed E-state index contributed by atoms with van der Waals surface area (Å²) in [5.74, 6) is 0.0265. The van der Waals surface area contributed by atoms with Gasteiger partial charge in [-0.3, -0.25) is 4.79 Å². The minimum atomic E-state index is 0.0265. The van der Waals surface area contributed by atoms with Gasteiger partial charge in [-0.15, -0.1) is 0 Å². The lowest BCUT2D eigenvalue weighted by molar-refractivity contribution is 0.0741. The quantitative estimate of drug-likeness (QED) is 0.774. The molecule has 2 aromatic carbocycles. The van der Waals surface area contributed by atoms with E-state index in [1.165, 1.54) is 5.56 Å². The van der Waals surface area contributed by atoms with Gasteiger partial charge in [0.2, 0.25) is 0 Å². The van der Waals surface area contributed by atoms with Crippen LogP contribution >= 0.6 is 15.9 Å². The van der Waals surface area contributed by atoms with E-state index in [1.807, 2.05) is 39.1 Å². The van der Waals surface area contributed by atoms with Crippen molar-refractivity contribution in [1.29, 1.82) is 0 Å². The highest BCUT2D eigenvalue weighted by molar-refractivity contribution is 9.10. The second kappa shape index (κ2) is 6.44. The molecule has 21 heavy (non-hydrogen) atoms. The molecule has 3 heteroatoms. The summed E-state index contributed by atoms with van der Waals surface area (Å²) in [5.41, 5.74) is 4.15. The third-order valence-corrected chi connectivity index (χ3v) is 4.50. The van der Waals surface area contributed by atoms with E-state index in [9.17, 15) is 4.79 Å². The third-order valence-electron chi connectivity index (χ3n) is 3.81. The first kappa shape index (κ1) is 15.8. The van der Waals surface area contributed by atoms with Crippen LogP contribution in [0.4, 0.5) is 0 Å². The molecule has 0 spiro atoms. The molecule has 110 valence electrons. The van der Waals surface area contributed by atoms with Crippen molar-refractivity contribution in [3.8, 4) is 0 Å². The highest BCUT2D eigenvalue weighted by atomic mass is 79.9. The zero-order chi connectivity index (χ0) is 15.6. The number of halogens is 1. The molecule has 1 amide bonds. The zero-order valence-corrected chi connectivity index (χ0v) is 14.4. The molecule has 0 radical (unpaired) electrons. The van der Waals surface area contributed by atoms with Crippen molar-refractivity contribution in [1.82, 2.24) is 4.90 Å². The van der Waals surface area contributed by atoms with Crippen molar-refractivity contribution in [2.24, 2.45) is 0 Å². The van der Waals surface area contributed by atoms with E-state index in [4.69, 9.17) is 0 Å². The maximum atomic E-state index is 12.7. The van der Waals surface area contributed by atoms with Crippen LogP contribution in [0.3, 0.4) is 0 Å². The van der Waals surface area contributed by atoms with E-state index in [0.717, 1.165) is 15.6 Å². The summed E-state index contributed by atoms with van der Waals surface area (Å²) in [4.78, 5) is 14.5. The summed E-state index contributed by atoms with van der Waals surface area (Å²) in [6.07, 6.45) is 0. The minimum absolute atomic E-state index is 0.0265. The molecule has 1 atom stereocenters. The number of hydrogen-bond acceptors (Lipinski definition) is 1. The van der Waals surface area contributed by atoms with Gasteiger partial charge in [0, 0.05) is 11.5 Å². The topological polar surface area (TPSA) is 20.3 Å². The normalized spacial score (nSPS) is 12.0. The van der Waals surface area contributed by atoms with E-state index in [0.29, 0.717) is 5.56 Å². The summed E-state index contributed by atoms with van der Waals surface area (Å²) in [7, 11) is 1.85. The average Bonchev–Trinajstić information content (AvgIpc) is 2.48. The lowest BCUT2D eigenvalue weighted by Crippen LogP contribution is -2.30. The molecule has 0 aromatic heterocycles. The number of nitrogens with zero attached hydrogens (tertiary/aromatic N) is 1. The Bertz CT molecular complexity index is 649. The Morgan fingerprint density at radius 2 is 1.62 bits per heavy atom. The zero-order valence-electron chi connectivity index (χ0n) is 12.9. The first-order valence-electron chi connectivity index (χ1n) is 7.00. The van der Waals surface area contributed by atoms with Gasteiger partial charge in [0.05, 0.1) is 11.6 Å². The predicted octanol–water partition coefficient (Wildman–Crippen LogP) is 4.90. The van der Waals surface area contributed by atoms with Gasteiger partial charge in [0.15, 0.2) is 0 Å². The molecule has 2 aromatic rings. The summed E-state index contributed by atoms with van der Waals surface area (Å²) >= 11 is 3.47. The fourth-order valence-electron chi connectivity index (χ4n) is 2.24. The highest BCUT2D eigenvalue weighted by Gasteiger charge is 2.20. The first-order chi connectivity index (χ1) is 9.90. The molecule has 0 saturated carbocycles. The Kier molecular flexibility index (Phi) is 4.84. The molecule has 0 aliphatic carbocycles. The molecule has 0 bridgehead atoms. The standard InChI is InChI=1S/C18H20BrNO/c1-12-5-8-15(9-6-12)14(3)20(4)18(21)16-11-13(2)7-10-17(16)19/h5-11,14H,1-4H3. The fourth-order valence-corrected chi connectivity index (χ4v) is 2.65. The molecule has 0 N–H and O–H groups in total. The molecule has 1 unspecified atom stereocenters. The van der Waals surface area contributed by atoms with Crippen molar-refractivity contribution in [2.75, 3.05) is 7.05 Å². The van der Waals surface area contributed by atoms with Crippen LogP contribution < -0.4 is 0 Å². The van der Waals surface area contributed by atoms with Gasteiger partial charge < -0.3 is 4.90 Å². The van der Waals surface area contributed by atoms with Gasteiger partial charge in [-0.25, -0.2) is 0 Å². The number of benzene rings is 2. The Morgan fingerprint density at radius 3 is 2.24 bits per heavy atom. The fraction of sp³-hybridized carbons (Fsp3) is 0.278. The van der Waals surface area contributed by atoms with Crippen LogP contribution in [0.1, 0.15) is 40.0 Å². The van der Waals surface area contributed by atoms with Crippen LogP contribution in [0.2, 0.25) is 0 Å². The summed E-state index contributed by atoms with van der Waals surface area (Å²) in [6.45, 7) is 6.10. The molecular weight excluding hydrogens is 326 g/mol. The number of rotatable bonds is 3. The number of carbonyl (C=O) groups excluding carboxylic acids is 1. The molecule has 0 heterocycles. The summed E-state index contributed by atoms with van der Waals surface area (Å²) in [6, 6.07) is 14.2. The highest BCUT2D eigenvalue weighted by Crippen LogP contribution is 2.25. The minimum Gasteiger partial charge on any atom is -0.335 e. The van der Waals surface area contributed by atoms with Gasteiger partial charge in [-0.1, -0.05) is 41.5 Å². The Balaban J connectivity index is 2.26. The van der Waals surface area contributed by atoms with Crippen molar-refractivity contribution in [3.63, 3.8) is 0 Å². The van der Waals surface area contributed by atoms with Crippen LogP contribution in [0.5, 0.6) is 0 Å². The number of aryl methyl sites for hydroxylation is 2. The maximum absolute atomic E-state index is 12.7. The van der Waals surface area contributed by atoms with Crippen LogP contribution in [-0.2, 0) is 0 Å². The molecule has 0 aliphatic heterocycles. The van der Waals surface area contributed by atoms with Gasteiger partial charge in [-0.2, -0.15) is 0 Å². The summed E-state index contributed by atoms with van der Waals surface area (Å²) in [5, 5.41) is 0.